The van der Waals surface area contributed by atoms with E-state index in [9.17, 15) is 9.59 Å². The van der Waals surface area contributed by atoms with E-state index < -0.39 is 5.63 Å². The molecule has 0 radical (unpaired) electrons. The molecular formula is C20H15BrCl2N2O3. The van der Waals surface area contributed by atoms with Gasteiger partial charge in [0.25, 0.3) is 5.91 Å². The number of piperazine rings is 1. The molecule has 4 rings (SSSR count). The van der Waals surface area contributed by atoms with E-state index in [4.69, 9.17) is 27.6 Å². The summed E-state index contributed by atoms with van der Waals surface area (Å²) < 4.78 is 6.16. The molecule has 0 atom stereocenters. The van der Waals surface area contributed by atoms with E-state index in [0.29, 0.717) is 47.2 Å². The molecule has 1 aliphatic rings. The lowest BCUT2D eigenvalue weighted by molar-refractivity contribution is 0.0742. The molecular weight excluding hydrogens is 467 g/mol. The van der Waals surface area contributed by atoms with Crippen molar-refractivity contribution < 1.29 is 9.21 Å². The second-order valence-electron chi connectivity index (χ2n) is 6.48. The summed E-state index contributed by atoms with van der Waals surface area (Å²) >= 11 is 16.0. The smallest absolute Gasteiger partial charge is 0.349 e. The van der Waals surface area contributed by atoms with Crippen molar-refractivity contribution in [2.45, 2.75) is 0 Å². The molecule has 28 heavy (non-hydrogen) atoms. The molecule has 0 unspecified atom stereocenters. The first-order valence-corrected chi connectivity index (χ1v) is 10.2. The Morgan fingerprint density at radius 2 is 1.68 bits per heavy atom. The molecule has 0 aliphatic carbocycles. The first-order valence-electron chi connectivity index (χ1n) is 8.65. The number of anilines is 1. The summed E-state index contributed by atoms with van der Waals surface area (Å²) in [6.07, 6.45) is 0. The maximum absolute atomic E-state index is 12.9. The molecule has 0 spiro atoms. The summed E-state index contributed by atoms with van der Waals surface area (Å²) in [4.78, 5) is 28.9. The Kier molecular flexibility index (Phi) is 5.36. The number of para-hydroxylation sites is 1. The quantitative estimate of drug-likeness (QED) is 0.492. The van der Waals surface area contributed by atoms with Crippen molar-refractivity contribution in [1.29, 1.82) is 0 Å². The van der Waals surface area contributed by atoms with E-state index >= 15 is 0 Å². The fourth-order valence-electron chi connectivity index (χ4n) is 3.34. The average molecular weight is 482 g/mol. The summed E-state index contributed by atoms with van der Waals surface area (Å²) in [5.41, 5.74) is 0.627. The Morgan fingerprint density at radius 1 is 1.00 bits per heavy atom. The van der Waals surface area contributed by atoms with Crippen molar-refractivity contribution in [3.05, 3.63) is 73.0 Å². The highest BCUT2D eigenvalue weighted by molar-refractivity contribution is 9.10. The Morgan fingerprint density at radius 3 is 2.36 bits per heavy atom. The highest BCUT2D eigenvalue weighted by Crippen LogP contribution is 2.34. The van der Waals surface area contributed by atoms with Crippen LogP contribution in [0.1, 0.15) is 10.4 Å². The molecule has 144 valence electrons. The molecule has 1 aromatic heterocycles. The lowest BCUT2D eigenvalue weighted by atomic mass is 10.1. The predicted molar refractivity (Wildman–Crippen MR) is 115 cm³/mol. The van der Waals surface area contributed by atoms with Gasteiger partial charge in [-0.25, -0.2) is 4.79 Å². The summed E-state index contributed by atoms with van der Waals surface area (Å²) in [7, 11) is 0. The van der Waals surface area contributed by atoms with Crippen molar-refractivity contribution in [3.63, 3.8) is 0 Å². The maximum atomic E-state index is 12.9. The van der Waals surface area contributed by atoms with Gasteiger partial charge in [0.15, 0.2) is 0 Å². The maximum Gasteiger partial charge on any atom is 0.349 e. The van der Waals surface area contributed by atoms with Gasteiger partial charge in [-0.2, -0.15) is 0 Å². The van der Waals surface area contributed by atoms with Gasteiger partial charge >= 0.3 is 5.63 Å². The van der Waals surface area contributed by atoms with E-state index in [1.165, 1.54) is 0 Å². The SMILES string of the molecule is O=C(c1cc2cc(Br)ccc2oc1=O)N1CCN(c2c(Cl)cccc2Cl)CC1. The minimum absolute atomic E-state index is 0.0369. The summed E-state index contributed by atoms with van der Waals surface area (Å²) in [5.74, 6) is -0.333. The van der Waals surface area contributed by atoms with Gasteiger partial charge in [0, 0.05) is 36.0 Å². The molecule has 0 bridgehead atoms. The fraction of sp³-hybridized carbons (Fsp3) is 0.200. The van der Waals surface area contributed by atoms with Crippen molar-refractivity contribution >= 4 is 61.7 Å². The van der Waals surface area contributed by atoms with E-state index in [0.717, 1.165) is 10.2 Å². The second-order valence-corrected chi connectivity index (χ2v) is 8.21. The van der Waals surface area contributed by atoms with Crippen molar-refractivity contribution in [2.75, 3.05) is 31.1 Å². The molecule has 3 aromatic rings. The van der Waals surface area contributed by atoms with Gasteiger partial charge in [0.05, 0.1) is 15.7 Å². The molecule has 1 fully saturated rings. The zero-order valence-electron chi connectivity index (χ0n) is 14.6. The van der Waals surface area contributed by atoms with Gasteiger partial charge < -0.3 is 14.2 Å². The highest BCUT2D eigenvalue weighted by atomic mass is 79.9. The normalized spacial score (nSPS) is 14.5. The number of hydrogen-bond donors (Lipinski definition) is 0. The Balaban J connectivity index is 1.55. The molecule has 1 saturated heterocycles. The summed E-state index contributed by atoms with van der Waals surface area (Å²) in [5, 5.41) is 1.85. The third-order valence-corrected chi connectivity index (χ3v) is 5.85. The fourth-order valence-corrected chi connectivity index (χ4v) is 4.35. The topological polar surface area (TPSA) is 53.8 Å². The van der Waals surface area contributed by atoms with E-state index in [1.54, 1.807) is 41.3 Å². The number of rotatable bonds is 2. The molecule has 2 aromatic carbocycles. The molecule has 5 nitrogen and oxygen atoms in total. The number of hydrogen-bond acceptors (Lipinski definition) is 4. The van der Waals surface area contributed by atoms with Gasteiger partial charge in [0.1, 0.15) is 11.1 Å². The van der Waals surface area contributed by atoms with Gasteiger partial charge in [-0.1, -0.05) is 45.2 Å². The van der Waals surface area contributed by atoms with Crippen LogP contribution in [0.25, 0.3) is 11.0 Å². The number of carbonyl (C=O) groups excluding carboxylic acids is 1. The van der Waals surface area contributed by atoms with E-state index in [1.807, 2.05) is 6.07 Å². The lowest BCUT2D eigenvalue weighted by Crippen LogP contribution is -2.49. The van der Waals surface area contributed by atoms with Crippen LogP contribution >= 0.6 is 39.1 Å². The van der Waals surface area contributed by atoms with Crippen molar-refractivity contribution in [2.24, 2.45) is 0 Å². The number of carbonyl (C=O) groups is 1. The predicted octanol–water partition coefficient (Wildman–Crippen LogP) is 4.82. The molecule has 8 heteroatoms. The number of benzene rings is 2. The van der Waals surface area contributed by atoms with Crippen LogP contribution in [0.2, 0.25) is 10.0 Å². The van der Waals surface area contributed by atoms with E-state index in [2.05, 4.69) is 20.8 Å². The van der Waals surface area contributed by atoms with Crippen LogP contribution in [0.4, 0.5) is 5.69 Å². The highest BCUT2D eigenvalue weighted by Gasteiger charge is 2.26. The standard InChI is InChI=1S/C20H15BrCl2N2O3/c21-13-4-5-17-12(10-13)11-14(20(27)28-17)19(26)25-8-6-24(7-9-25)18-15(22)2-1-3-16(18)23/h1-5,10-11H,6-9H2. The monoisotopic (exact) mass is 480 g/mol. The van der Waals surface area contributed by atoms with Crippen LogP contribution in [0.3, 0.4) is 0 Å². The van der Waals surface area contributed by atoms with Crippen LogP contribution in [-0.4, -0.2) is 37.0 Å². The first kappa shape index (κ1) is 19.3. The zero-order valence-corrected chi connectivity index (χ0v) is 17.7. The van der Waals surface area contributed by atoms with E-state index in [-0.39, 0.29) is 11.5 Å². The van der Waals surface area contributed by atoms with Crippen molar-refractivity contribution in [1.82, 2.24) is 4.90 Å². The third-order valence-electron chi connectivity index (χ3n) is 4.75. The van der Waals surface area contributed by atoms with Gasteiger partial charge in [-0.05, 0) is 36.4 Å². The zero-order chi connectivity index (χ0) is 19.8. The third kappa shape index (κ3) is 3.64. The average Bonchev–Trinajstić information content (AvgIpc) is 2.68. The summed E-state index contributed by atoms with van der Waals surface area (Å²) in [6.45, 7) is 2.05. The Bertz CT molecular complexity index is 1100. The van der Waals surface area contributed by atoms with Crippen LogP contribution < -0.4 is 10.5 Å². The number of halogens is 3. The summed E-state index contributed by atoms with van der Waals surface area (Å²) in [6, 6.07) is 12.3. The minimum atomic E-state index is -0.628. The molecule has 0 saturated carbocycles. The van der Waals surface area contributed by atoms with Gasteiger partial charge in [-0.15, -0.1) is 0 Å². The van der Waals surface area contributed by atoms with Crippen LogP contribution in [0.15, 0.2) is 56.1 Å². The Labute approximate surface area is 179 Å². The molecule has 1 aliphatic heterocycles. The molecule has 1 amide bonds. The number of nitrogens with zero attached hydrogens (tertiary/aromatic N) is 2. The van der Waals surface area contributed by atoms with Crippen molar-refractivity contribution in [3.8, 4) is 0 Å². The molecule has 2 heterocycles. The molecule has 0 N–H and O–H groups in total. The van der Waals surface area contributed by atoms with Crippen LogP contribution in [-0.2, 0) is 0 Å². The largest absolute Gasteiger partial charge is 0.422 e. The number of amides is 1. The Hall–Kier alpha value is -2.02. The number of fused-ring (bicyclic) bond motifs is 1. The van der Waals surface area contributed by atoms with Crippen LogP contribution in [0.5, 0.6) is 0 Å². The lowest BCUT2D eigenvalue weighted by Gasteiger charge is -2.36. The van der Waals surface area contributed by atoms with Gasteiger partial charge in [0.2, 0.25) is 0 Å². The van der Waals surface area contributed by atoms with Crippen LogP contribution in [0, 0.1) is 0 Å². The minimum Gasteiger partial charge on any atom is -0.422 e. The van der Waals surface area contributed by atoms with Gasteiger partial charge in [-0.3, -0.25) is 4.79 Å². The second kappa shape index (κ2) is 7.78. The first-order chi connectivity index (χ1) is 13.4.